The van der Waals surface area contributed by atoms with E-state index < -0.39 is 23.4 Å². The number of nitrogens with one attached hydrogen (secondary N) is 2. The Labute approximate surface area is 222 Å². The van der Waals surface area contributed by atoms with Crippen LogP contribution in [-0.2, 0) is 16.1 Å². The van der Waals surface area contributed by atoms with Crippen LogP contribution in [0.1, 0.15) is 39.2 Å². The maximum absolute atomic E-state index is 13.3. The van der Waals surface area contributed by atoms with Gasteiger partial charge in [-0.15, -0.1) is 0 Å². The minimum atomic E-state index is -4.91. The van der Waals surface area contributed by atoms with Gasteiger partial charge in [0.05, 0.1) is 11.1 Å². The molecule has 1 aromatic heterocycles. The van der Waals surface area contributed by atoms with Gasteiger partial charge < -0.3 is 14.8 Å². The minimum Gasteiger partial charge on any atom is -0.491 e. The molecule has 0 aliphatic rings. The molecule has 0 spiro atoms. The van der Waals surface area contributed by atoms with E-state index in [2.05, 4.69) is 31.9 Å². The SMILES string of the molecule is CCC[C@H](C)Oc1ccc(-c2nc(-c3cc(CNC(=O)[C@@](C)(OC)C(F)(F)F)ccc3Cl)[nH]c(=O)n2)cc1. The predicted octanol–water partition coefficient (Wildman–Crippen LogP) is 5.30. The lowest BCUT2D eigenvalue weighted by molar-refractivity contribution is -0.253. The van der Waals surface area contributed by atoms with Crippen LogP contribution in [0.2, 0.25) is 5.02 Å². The largest absolute Gasteiger partial charge is 0.491 e. The standard InChI is InChI=1S/C26H28ClF3N4O4/c1-5-6-15(2)38-18-10-8-17(9-11-18)21-32-22(34-24(36)33-21)19-13-16(7-12-20(19)27)14-31-23(35)25(3,37-4)26(28,29)30/h7-13,15H,5-6,14H2,1-4H3,(H,31,35)(H,32,33,34,36)/t15-,25+/m0/s1. The van der Waals surface area contributed by atoms with Crippen molar-refractivity contribution in [2.45, 2.75) is 58.0 Å². The molecule has 3 rings (SSSR count). The number of alkyl halides is 3. The zero-order chi connectivity index (χ0) is 28.1. The topological polar surface area (TPSA) is 106 Å². The summed E-state index contributed by atoms with van der Waals surface area (Å²) in [5.74, 6) is -0.425. The molecule has 0 unspecified atom stereocenters. The van der Waals surface area contributed by atoms with Crippen molar-refractivity contribution >= 4 is 17.5 Å². The summed E-state index contributed by atoms with van der Waals surface area (Å²) in [6.07, 6.45) is -2.94. The lowest BCUT2D eigenvalue weighted by Crippen LogP contribution is -2.55. The molecule has 0 bridgehead atoms. The van der Waals surface area contributed by atoms with Crippen molar-refractivity contribution in [1.82, 2.24) is 20.3 Å². The zero-order valence-corrected chi connectivity index (χ0v) is 22.0. The Kier molecular flexibility index (Phi) is 9.16. The molecule has 38 heavy (non-hydrogen) atoms. The van der Waals surface area contributed by atoms with Crippen LogP contribution in [0, 0.1) is 0 Å². The van der Waals surface area contributed by atoms with Crippen LogP contribution in [0.5, 0.6) is 5.75 Å². The average Bonchev–Trinajstić information content (AvgIpc) is 2.87. The van der Waals surface area contributed by atoms with Crippen molar-refractivity contribution in [2.75, 3.05) is 7.11 Å². The van der Waals surface area contributed by atoms with E-state index in [1.54, 1.807) is 24.3 Å². The van der Waals surface area contributed by atoms with Crippen LogP contribution >= 0.6 is 11.6 Å². The lowest BCUT2D eigenvalue weighted by atomic mass is 10.0. The number of carbonyl (C=O) groups excluding carboxylic acids is 1. The molecular weight excluding hydrogens is 525 g/mol. The van der Waals surface area contributed by atoms with Gasteiger partial charge >= 0.3 is 11.9 Å². The fourth-order valence-electron chi connectivity index (χ4n) is 3.57. The molecule has 2 N–H and O–H groups in total. The first-order chi connectivity index (χ1) is 17.9. The molecule has 0 saturated carbocycles. The number of rotatable bonds is 10. The quantitative estimate of drug-likeness (QED) is 0.353. The number of halogens is 4. The molecule has 0 aliphatic carbocycles. The Morgan fingerprint density at radius 3 is 2.45 bits per heavy atom. The Bertz CT molecular complexity index is 1330. The van der Waals surface area contributed by atoms with Gasteiger partial charge in [-0.25, -0.2) is 9.78 Å². The van der Waals surface area contributed by atoms with E-state index in [0.29, 0.717) is 29.4 Å². The van der Waals surface area contributed by atoms with E-state index in [4.69, 9.17) is 16.3 Å². The van der Waals surface area contributed by atoms with E-state index in [1.807, 2.05) is 6.92 Å². The molecular formula is C26H28ClF3N4O4. The third-order valence-corrected chi connectivity index (χ3v) is 6.25. The van der Waals surface area contributed by atoms with Gasteiger partial charge in [-0.1, -0.05) is 31.0 Å². The highest BCUT2D eigenvalue weighted by Gasteiger charge is 2.57. The highest BCUT2D eigenvalue weighted by Crippen LogP contribution is 2.33. The smallest absolute Gasteiger partial charge is 0.426 e. The van der Waals surface area contributed by atoms with E-state index in [1.165, 1.54) is 18.2 Å². The van der Waals surface area contributed by atoms with Crippen LogP contribution in [0.4, 0.5) is 13.2 Å². The Hall–Kier alpha value is -3.44. The van der Waals surface area contributed by atoms with E-state index >= 15 is 0 Å². The van der Waals surface area contributed by atoms with E-state index in [9.17, 15) is 22.8 Å². The van der Waals surface area contributed by atoms with Crippen LogP contribution in [0.15, 0.2) is 47.3 Å². The molecule has 0 aliphatic heterocycles. The second-order valence-corrected chi connectivity index (χ2v) is 9.21. The molecule has 2 atom stereocenters. The number of hydrogen-bond acceptors (Lipinski definition) is 6. The van der Waals surface area contributed by atoms with Crippen molar-refractivity contribution in [2.24, 2.45) is 0 Å². The summed E-state index contributed by atoms with van der Waals surface area (Å²) in [7, 11) is 0.810. The van der Waals surface area contributed by atoms with E-state index in [-0.39, 0.29) is 29.3 Å². The summed E-state index contributed by atoms with van der Waals surface area (Å²) in [6, 6.07) is 11.5. The molecule has 1 amide bonds. The molecule has 2 aromatic carbocycles. The van der Waals surface area contributed by atoms with Crippen molar-refractivity contribution in [1.29, 1.82) is 0 Å². The van der Waals surface area contributed by atoms with Gasteiger partial charge in [0, 0.05) is 24.8 Å². The summed E-state index contributed by atoms with van der Waals surface area (Å²) in [6.45, 7) is 4.46. The van der Waals surface area contributed by atoms with Gasteiger partial charge in [-0.3, -0.25) is 9.78 Å². The monoisotopic (exact) mass is 552 g/mol. The molecule has 204 valence electrons. The van der Waals surface area contributed by atoms with Gasteiger partial charge in [0.25, 0.3) is 5.91 Å². The van der Waals surface area contributed by atoms with Crippen molar-refractivity contribution in [3.8, 4) is 28.5 Å². The van der Waals surface area contributed by atoms with Gasteiger partial charge in [-0.05, 0) is 62.2 Å². The summed E-state index contributed by atoms with van der Waals surface area (Å²) >= 11 is 6.34. The maximum atomic E-state index is 13.3. The van der Waals surface area contributed by atoms with Crippen molar-refractivity contribution < 1.29 is 27.4 Å². The Balaban J connectivity index is 1.85. The first-order valence-electron chi connectivity index (χ1n) is 11.8. The van der Waals surface area contributed by atoms with Crippen molar-refractivity contribution in [3.63, 3.8) is 0 Å². The molecule has 1 heterocycles. The second kappa shape index (κ2) is 12.0. The minimum absolute atomic E-state index is 0.0594. The number of amides is 1. The molecule has 8 nitrogen and oxygen atoms in total. The first kappa shape index (κ1) is 29.1. The Morgan fingerprint density at radius 1 is 1.16 bits per heavy atom. The van der Waals surface area contributed by atoms with Crippen LogP contribution in [0.25, 0.3) is 22.8 Å². The summed E-state index contributed by atoms with van der Waals surface area (Å²) in [4.78, 5) is 35.5. The first-order valence-corrected chi connectivity index (χ1v) is 12.2. The highest BCUT2D eigenvalue weighted by atomic mass is 35.5. The number of aromatic nitrogens is 3. The number of H-pyrrole nitrogens is 1. The molecule has 3 aromatic rings. The Morgan fingerprint density at radius 2 is 1.84 bits per heavy atom. The number of aromatic amines is 1. The third kappa shape index (κ3) is 6.70. The normalized spacial score (nSPS) is 14.0. The maximum Gasteiger partial charge on any atom is 0.426 e. The number of hydrogen-bond donors (Lipinski definition) is 2. The molecule has 12 heteroatoms. The summed E-state index contributed by atoms with van der Waals surface area (Å²) < 4.78 is 50.2. The van der Waals surface area contributed by atoms with Crippen molar-refractivity contribution in [3.05, 3.63) is 63.5 Å². The molecule has 0 saturated heterocycles. The van der Waals surface area contributed by atoms with Gasteiger partial charge in [0.2, 0.25) is 5.60 Å². The van der Waals surface area contributed by atoms with Crippen LogP contribution < -0.4 is 15.7 Å². The van der Waals surface area contributed by atoms with Gasteiger partial charge in [-0.2, -0.15) is 18.2 Å². The average molecular weight is 553 g/mol. The lowest BCUT2D eigenvalue weighted by Gasteiger charge is -2.29. The highest BCUT2D eigenvalue weighted by molar-refractivity contribution is 6.33. The van der Waals surface area contributed by atoms with Crippen LogP contribution in [-0.4, -0.2) is 45.9 Å². The number of carbonyl (C=O) groups is 1. The number of nitrogens with zero attached hydrogens (tertiary/aromatic N) is 2. The number of benzene rings is 2. The third-order valence-electron chi connectivity index (χ3n) is 5.92. The molecule has 0 fully saturated rings. The fourth-order valence-corrected chi connectivity index (χ4v) is 3.78. The zero-order valence-electron chi connectivity index (χ0n) is 21.3. The molecule has 0 radical (unpaired) electrons. The van der Waals surface area contributed by atoms with Gasteiger partial charge in [0.15, 0.2) is 5.82 Å². The van der Waals surface area contributed by atoms with Crippen LogP contribution in [0.3, 0.4) is 0 Å². The number of ether oxygens (including phenoxy) is 2. The predicted molar refractivity (Wildman–Crippen MR) is 137 cm³/mol. The summed E-state index contributed by atoms with van der Waals surface area (Å²) in [5, 5.41) is 2.45. The van der Waals surface area contributed by atoms with Gasteiger partial charge in [0.1, 0.15) is 11.6 Å². The second-order valence-electron chi connectivity index (χ2n) is 8.80. The number of methoxy groups -OCH3 is 1. The fraction of sp³-hybridized carbons (Fsp3) is 0.385. The van der Waals surface area contributed by atoms with E-state index in [0.717, 1.165) is 20.0 Å². The summed E-state index contributed by atoms with van der Waals surface area (Å²) in [5.41, 5.74) is -2.39.